The minimum atomic E-state index is -2.87. The summed E-state index contributed by atoms with van der Waals surface area (Å²) < 4.78 is 40.3. The molecule has 0 fully saturated rings. The number of aliphatic imine (C=N–C) groups is 1. The molecule has 2 N–H and O–H groups in total. The van der Waals surface area contributed by atoms with Gasteiger partial charge in [-0.2, -0.15) is 8.78 Å². The number of hydrogen-bond acceptors (Lipinski definition) is 4. The Morgan fingerprint density at radius 2 is 1.64 bits per heavy atom. The van der Waals surface area contributed by atoms with Gasteiger partial charge in [0.2, 0.25) is 0 Å². The van der Waals surface area contributed by atoms with Crippen molar-refractivity contribution in [3.8, 4) is 17.2 Å². The highest BCUT2D eigenvalue weighted by Crippen LogP contribution is 2.27. The lowest BCUT2D eigenvalue weighted by Gasteiger charge is -2.16. The molecule has 0 radical (unpaired) electrons. The maximum absolute atomic E-state index is 12.6. The van der Waals surface area contributed by atoms with Gasteiger partial charge in [-0.15, -0.1) is 0 Å². The van der Waals surface area contributed by atoms with Gasteiger partial charge in [-0.3, -0.25) is 4.99 Å². The average molecular weight is 393 g/mol. The Morgan fingerprint density at radius 3 is 2.29 bits per heavy atom. The van der Waals surface area contributed by atoms with Crippen LogP contribution in [0.25, 0.3) is 0 Å². The van der Waals surface area contributed by atoms with E-state index in [9.17, 15) is 8.78 Å². The van der Waals surface area contributed by atoms with Gasteiger partial charge in [-0.05, 0) is 30.7 Å². The third-order valence-corrected chi connectivity index (χ3v) is 4.01. The van der Waals surface area contributed by atoms with E-state index in [2.05, 4.69) is 20.4 Å². The minimum Gasteiger partial charge on any atom is -0.493 e. The van der Waals surface area contributed by atoms with Crippen molar-refractivity contribution >= 4 is 5.96 Å². The van der Waals surface area contributed by atoms with Crippen molar-refractivity contribution in [3.63, 3.8) is 0 Å². The van der Waals surface area contributed by atoms with E-state index in [4.69, 9.17) is 9.47 Å². The number of benzene rings is 2. The molecule has 8 heteroatoms. The maximum Gasteiger partial charge on any atom is 0.387 e. The van der Waals surface area contributed by atoms with Crippen LogP contribution in [-0.2, 0) is 13.1 Å². The number of aryl methyl sites for hydroxylation is 1. The molecule has 0 aliphatic carbocycles. The Bertz CT molecular complexity index is 813. The predicted molar refractivity (Wildman–Crippen MR) is 104 cm³/mol. The molecule has 0 atom stereocenters. The van der Waals surface area contributed by atoms with Crippen LogP contribution in [0, 0.1) is 6.92 Å². The second kappa shape index (κ2) is 10.3. The number of alkyl halides is 2. The van der Waals surface area contributed by atoms with E-state index in [0.29, 0.717) is 29.6 Å². The fourth-order valence-corrected chi connectivity index (χ4v) is 2.63. The molecule has 0 spiro atoms. The Balaban J connectivity index is 2.00. The number of nitrogens with one attached hydrogen (secondary N) is 2. The topological polar surface area (TPSA) is 64.1 Å². The summed E-state index contributed by atoms with van der Waals surface area (Å²) in [6.07, 6.45) is 0. The average Bonchev–Trinajstić information content (AvgIpc) is 2.69. The summed E-state index contributed by atoms with van der Waals surface area (Å²) in [4.78, 5) is 4.16. The fourth-order valence-electron chi connectivity index (χ4n) is 2.63. The molecule has 2 rings (SSSR count). The molecular weight excluding hydrogens is 368 g/mol. The molecule has 0 amide bonds. The maximum atomic E-state index is 12.6. The standard InChI is InChI=1S/C20H25F2N3O3/c1-13-5-7-16(28-19(21)22)15(9-13)12-25-20(23-2)24-11-14-6-8-17(26-3)18(10-14)27-4/h5-10,19H,11-12H2,1-4H3,(H2,23,24,25). The largest absolute Gasteiger partial charge is 0.493 e. The second-order valence-corrected chi connectivity index (χ2v) is 5.96. The molecule has 0 saturated carbocycles. The number of rotatable bonds is 8. The number of nitrogens with zero attached hydrogens (tertiary/aromatic N) is 1. The summed E-state index contributed by atoms with van der Waals surface area (Å²) in [6, 6.07) is 10.7. The van der Waals surface area contributed by atoms with Crippen molar-refractivity contribution < 1.29 is 23.0 Å². The molecule has 28 heavy (non-hydrogen) atoms. The number of methoxy groups -OCH3 is 2. The van der Waals surface area contributed by atoms with Crippen molar-refractivity contribution in [2.24, 2.45) is 4.99 Å². The van der Waals surface area contributed by atoms with E-state index in [-0.39, 0.29) is 12.3 Å². The highest BCUT2D eigenvalue weighted by Gasteiger charge is 2.11. The fraction of sp³-hybridized carbons (Fsp3) is 0.350. The normalized spacial score (nSPS) is 11.3. The molecule has 2 aromatic carbocycles. The zero-order valence-corrected chi connectivity index (χ0v) is 16.4. The summed E-state index contributed by atoms with van der Waals surface area (Å²) in [7, 11) is 4.80. The SMILES string of the molecule is CN=C(NCc1ccc(OC)c(OC)c1)NCc1cc(C)ccc1OC(F)F. The van der Waals surface area contributed by atoms with Crippen LogP contribution in [0.4, 0.5) is 8.78 Å². The van der Waals surface area contributed by atoms with Gasteiger partial charge in [-0.25, -0.2) is 0 Å². The van der Waals surface area contributed by atoms with E-state index in [1.807, 2.05) is 25.1 Å². The van der Waals surface area contributed by atoms with Gasteiger partial charge in [0.25, 0.3) is 0 Å². The van der Waals surface area contributed by atoms with Gasteiger partial charge in [0.1, 0.15) is 5.75 Å². The Morgan fingerprint density at radius 1 is 0.964 bits per heavy atom. The molecule has 2 aromatic rings. The second-order valence-electron chi connectivity index (χ2n) is 5.96. The first-order valence-corrected chi connectivity index (χ1v) is 8.66. The van der Waals surface area contributed by atoms with Crippen LogP contribution in [0.2, 0.25) is 0 Å². The first kappa shape index (κ1) is 21.3. The third-order valence-electron chi connectivity index (χ3n) is 4.01. The number of guanidine groups is 1. The first-order valence-electron chi connectivity index (χ1n) is 8.66. The van der Waals surface area contributed by atoms with E-state index in [0.717, 1.165) is 11.1 Å². The summed E-state index contributed by atoms with van der Waals surface area (Å²) in [5.41, 5.74) is 2.54. The molecule has 0 saturated heterocycles. The number of ether oxygens (including phenoxy) is 3. The lowest BCUT2D eigenvalue weighted by Crippen LogP contribution is -2.36. The van der Waals surface area contributed by atoms with Crippen molar-refractivity contribution in [1.82, 2.24) is 10.6 Å². The molecule has 0 heterocycles. The van der Waals surface area contributed by atoms with E-state index in [1.54, 1.807) is 39.5 Å². The lowest BCUT2D eigenvalue weighted by molar-refractivity contribution is -0.0504. The highest BCUT2D eigenvalue weighted by atomic mass is 19.3. The van der Waals surface area contributed by atoms with Crippen LogP contribution in [-0.4, -0.2) is 33.8 Å². The smallest absolute Gasteiger partial charge is 0.387 e. The molecule has 0 aliphatic heterocycles. The summed E-state index contributed by atoms with van der Waals surface area (Å²) in [6.45, 7) is -0.201. The highest BCUT2D eigenvalue weighted by molar-refractivity contribution is 5.79. The lowest BCUT2D eigenvalue weighted by atomic mass is 10.1. The number of hydrogen-bond donors (Lipinski definition) is 2. The molecule has 0 aromatic heterocycles. The molecule has 0 aliphatic rings. The number of halogens is 2. The van der Waals surface area contributed by atoms with Gasteiger partial charge < -0.3 is 24.8 Å². The van der Waals surface area contributed by atoms with Crippen molar-refractivity contribution in [3.05, 3.63) is 53.1 Å². The molecular formula is C20H25F2N3O3. The summed E-state index contributed by atoms with van der Waals surface area (Å²) in [5, 5.41) is 6.28. The van der Waals surface area contributed by atoms with Gasteiger partial charge in [0, 0.05) is 25.7 Å². The van der Waals surface area contributed by atoms with Gasteiger partial charge in [0.05, 0.1) is 14.2 Å². The van der Waals surface area contributed by atoms with Crippen LogP contribution >= 0.6 is 0 Å². The zero-order chi connectivity index (χ0) is 20.5. The van der Waals surface area contributed by atoms with Crippen LogP contribution in [0.3, 0.4) is 0 Å². The van der Waals surface area contributed by atoms with Crippen LogP contribution in [0.5, 0.6) is 17.2 Å². The Kier molecular flexibility index (Phi) is 7.86. The molecule has 0 bridgehead atoms. The van der Waals surface area contributed by atoms with E-state index < -0.39 is 6.61 Å². The summed E-state index contributed by atoms with van der Waals surface area (Å²) in [5.74, 6) is 1.96. The zero-order valence-electron chi connectivity index (χ0n) is 16.4. The first-order chi connectivity index (χ1) is 13.5. The molecule has 6 nitrogen and oxygen atoms in total. The molecule has 0 unspecified atom stereocenters. The van der Waals surface area contributed by atoms with Crippen LogP contribution < -0.4 is 24.8 Å². The van der Waals surface area contributed by atoms with E-state index in [1.165, 1.54) is 0 Å². The monoisotopic (exact) mass is 393 g/mol. The van der Waals surface area contributed by atoms with Crippen LogP contribution in [0.15, 0.2) is 41.4 Å². The Hall–Kier alpha value is -3.03. The Labute approximate surface area is 163 Å². The predicted octanol–water partition coefficient (Wildman–Crippen LogP) is 3.48. The van der Waals surface area contributed by atoms with Crippen LogP contribution in [0.1, 0.15) is 16.7 Å². The van der Waals surface area contributed by atoms with Gasteiger partial charge >= 0.3 is 6.61 Å². The van der Waals surface area contributed by atoms with Crippen molar-refractivity contribution in [1.29, 1.82) is 0 Å². The van der Waals surface area contributed by atoms with Gasteiger partial charge in [-0.1, -0.05) is 23.8 Å². The van der Waals surface area contributed by atoms with Crippen molar-refractivity contribution in [2.45, 2.75) is 26.6 Å². The van der Waals surface area contributed by atoms with Gasteiger partial charge in [0.15, 0.2) is 17.5 Å². The quantitative estimate of drug-likeness (QED) is 0.531. The molecule has 152 valence electrons. The third kappa shape index (κ3) is 6.00. The van der Waals surface area contributed by atoms with Crippen molar-refractivity contribution in [2.75, 3.05) is 21.3 Å². The summed E-state index contributed by atoms with van der Waals surface area (Å²) >= 11 is 0. The van der Waals surface area contributed by atoms with E-state index >= 15 is 0 Å². The minimum absolute atomic E-state index is 0.142.